The molecule has 0 bridgehead atoms. The molecule has 1 saturated heterocycles. The Morgan fingerprint density at radius 2 is 1.67 bits per heavy atom. The number of benzene rings is 3. The van der Waals surface area contributed by atoms with E-state index in [0.29, 0.717) is 25.9 Å². The summed E-state index contributed by atoms with van der Waals surface area (Å²) < 4.78 is 28.0. The molecule has 5 nitrogen and oxygen atoms in total. The third-order valence-electron chi connectivity index (χ3n) is 5.79. The molecular formula is C24H25NO4S. The topological polar surface area (TPSA) is 63.7 Å². The van der Waals surface area contributed by atoms with Crippen molar-refractivity contribution in [3.63, 3.8) is 0 Å². The molecule has 0 N–H and O–H groups in total. The van der Waals surface area contributed by atoms with E-state index >= 15 is 0 Å². The SMILES string of the molecule is CS(=O)(=O)OCCC1(c2ccc3ccccc3c2)CC(=O)N(Cc2ccccc2)C1. The summed E-state index contributed by atoms with van der Waals surface area (Å²) in [4.78, 5) is 14.8. The van der Waals surface area contributed by atoms with Crippen LogP contribution in [0, 0.1) is 0 Å². The van der Waals surface area contributed by atoms with Crippen molar-refractivity contribution >= 4 is 26.8 Å². The summed E-state index contributed by atoms with van der Waals surface area (Å²) >= 11 is 0. The number of amides is 1. The Kier molecular flexibility index (Phi) is 5.62. The molecule has 1 unspecified atom stereocenters. The highest BCUT2D eigenvalue weighted by Crippen LogP contribution is 2.40. The lowest BCUT2D eigenvalue weighted by Gasteiger charge is -2.29. The zero-order chi connectivity index (χ0) is 21.2. The van der Waals surface area contributed by atoms with Crippen molar-refractivity contribution in [2.24, 2.45) is 0 Å². The number of carbonyl (C=O) groups is 1. The summed E-state index contributed by atoms with van der Waals surface area (Å²) in [7, 11) is -3.53. The second-order valence-corrected chi connectivity index (χ2v) is 9.67. The van der Waals surface area contributed by atoms with Gasteiger partial charge in [-0.1, -0.05) is 72.8 Å². The van der Waals surface area contributed by atoms with E-state index in [2.05, 4.69) is 30.3 Å². The molecule has 3 aromatic rings. The minimum Gasteiger partial charge on any atom is -0.337 e. The van der Waals surface area contributed by atoms with Crippen LogP contribution in [0.2, 0.25) is 0 Å². The van der Waals surface area contributed by atoms with Gasteiger partial charge in [-0.2, -0.15) is 8.42 Å². The Balaban J connectivity index is 1.66. The van der Waals surface area contributed by atoms with Gasteiger partial charge in [0.2, 0.25) is 5.91 Å². The zero-order valence-corrected chi connectivity index (χ0v) is 17.8. The normalized spacial score (nSPS) is 19.5. The van der Waals surface area contributed by atoms with Crippen LogP contribution in [0.5, 0.6) is 0 Å². The summed E-state index contributed by atoms with van der Waals surface area (Å²) in [6.45, 7) is 1.13. The van der Waals surface area contributed by atoms with Crippen LogP contribution < -0.4 is 0 Å². The van der Waals surface area contributed by atoms with Crippen LogP contribution in [0.25, 0.3) is 10.8 Å². The van der Waals surface area contributed by atoms with Gasteiger partial charge >= 0.3 is 0 Å². The Morgan fingerprint density at radius 3 is 2.40 bits per heavy atom. The number of hydrogen-bond acceptors (Lipinski definition) is 4. The summed E-state index contributed by atoms with van der Waals surface area (Å²) in [5.74, 6) is 0.0753. The molecule has 0 aliphatic carbocycles. The second kappa shape index (κ2) is 8.20. The number of hydrogen-bond donors (Lipinski definition) is 0. The van der Waals surface area contributed by atoms with E-state index in [0.717, 1.165) is 28.2 Å². The molecule has 1 aliphatic rings. The Hall–Kier alpha value is -2.70. The van der Waals surface area contributed by atoms with Crippen molar-refractivity contribution in [1.29, 1.82) is 0 Å². The molecule has 4 rings (SSSR count). The van der Waals surface area contributed by atoms with Gasteiger partial charge in [-0.05, 0) is 28.3 Å². The maximum Gasteiger partial charge on any atom is 0.264 e. The second-order valence-electron chi connectivity index (χ2n) is 8.03. The first-order valence-corrected chi connectivity index (χ1v) is 11.8. The van der Waals surface area contributed by atoms with Gasteiger partial charge in [-0.3, -0.25) is 8.98 Å². The lowest BCUT2D eigenvalue weighted by molar-refractivity contribution is -0.128. The van der Waals surface area contributed by atoms with Crippen LogP contribution in [0.4, 0.5) is 0 Å². The van der Waals surface area contributed by atoms with Crippen molar-refractivity contribution in [3.05, 3.63) is 83.9 Å². The van der Waals surface area contributed by atoms with Crippen molar-refractivity contribution in [1.82, 2.24) is 4.90 Å². The van der Waals surface area contributed by atoms with Gasteiger partial charge in [0.05, 0.1) is 12.9 Å². The van der Waals surface area contributed by atoms with Crippen molar-refractivity contribution < 1.29 is 17.4 Å². The van der Waals surface area contributed by atoms with Crippen LogP contribution in [0.15, 0.2) is 72.8 Å². The van der Waals surface area contributed by atoms with Gasteiger partial charge in [-0.25, -0.2) is 0 Å². The van der Waals surface area contributed by atoms with Gasteiger partial charge in [0.15, 0.2) is 0 Å². The lowest BCUT2D eigenvalue weighted by Crippen LogP contribution is -2.33. The summed E-state index contributed by atoms with van der Waals surface area (Å²) in [5, 5.41) is 2.24. The average molecular weight is 424 g/mol. The van der Waals surface area contributed by atoms with Crippen LogP contribution in [-0.4, -0.2) is 38.6 Å². The summed E-state index contributed by atoms with van der Waals surface area (Å²) in [6, 6.07) is 24.2. The average Bonchev–Trinajstić information content (AvgIpc) is 3.03. The molecule has 156 valence electrons. The van der Waals surface area contributed by atoms with Gasteiger partial charge < -0.3 is 4.90 Å². The fourth-order valence-corrected chi connectivity index (χ4v) is 4.66. The molecule has 0 saturated carbocycles. The van der Waals surface area contributed by atoms with E-state index < -0.39 is 15.5 Å². The largest absolute Gasteiger partial charge is 0.337 e. The standard InChI is InChI=1S/C24H25NO4S/c1-30(27,28)29-14-13-24(22-12-11-20-9-5-6-10-21(20)15-22)16-23(26)25(18-24)17-19-7-3-2-4-8-19/h2-12,15H,13-14,16-18H2,1H3. The molecule has 0 radical (unpaired) electrons. The monoisotopic (exact) mass is 423 g/mol. The Bertz CT molecular complexity index is 1160. The quantitative estimate of drug-likeness (QED) is 0.541. The molecule has 1 aliphatic heterocycles. The minimum atomic E-state index is -3.53. The fourth-order valence-electron chi connectivity index (χ4n) is 4.27. The van der Waals surface area contributed by atoms with E-state index in [-0.39, 0.29) is 12.5 Å². The number of nitrogens with zero attached hydrogens (tertiary/aromatic N) is 1. The van der Waals surface area contributed by atoms with Crippen molar-refractivity contribution in [3.8, 4) is 0 Å². The highest BCUT2D eigenvalue weighted by molar-refractivity contribution is 7.85. The maximum atomic E-state index is 13.0. The molecule has 0 aromatic heterocycles. The van der Waals surface area contributed by atoms with E-state index in [1.165, 1.54) is 0 Å². The molecule has 1 heterocycles. The van der Waals surface area contributed by atoms with Gasteiger partial charge in [-0.15, -0.1) is 0 Å². The maximum absolute atomic E-state index is 13.0. The first kappa shape index (κ1) is 20.6. The van der Waals surface area contributed by atoms with Gasteiger partial charge in [0.25, 0.3) is 10.1 Å². The molecule has 6 heteroatoms. The van der Waals surface area contributed by atoms with Gasteiger partial charge in [0.1, 0.15) is 0 Å². The first-order valence-electron chi connectivity index (χ1n) is 10.0. The van der Waals surface area contributed by atoms with Crippen LogP contribution >= 0.6 is 0 Å². The third-order valence-corrected chi connectivity index (χ3v) is 6.39. The van der Waals surface area contributed by atoms with Crippen molar-refractivity contribution in [2.45, 2.75) is 24.8 Å². The summed E-state index contributed by atoms with van der Waals surface area (Å²) in [5.41, 5.74) is 1.63. The number of fused-ring (bicyclic) bond motifs is 1. The first-order chi connectivity index (χ1) is 14.3. The number of likely N-dealkylation sites (tertiary alicyclic amines) is 1. The lowest BCUT2D eigenvalue weighted by atomic mass is 9.76. The van der Waals surface area contributed by atoms with Crippen molar-refractivity contribution in [2.75, 3.05) is 19.4 Å². The molecule has 30 heavy (non-hydrogen) atoms. The molecule has 1 fully saturated rings. The molecular weight excluding hydrogens is 398 g/mol. The Morgan fingerprint density at radius 1 is 0.967 bits per heavy atom. The fraction of sp³-hybridized carbons (Fsp3) is 0.292. The van der Waals surface area contributed by atoms with E-state index in [1.54, 1.807) is 0 Å². The van der Waals surface area contributed by atoms with Gasteiger partial charge in [0, 0.05) is 24.9 Å². The predicted octanol–water partition coefficient (Wildman–Crippen LogP) is 3.88. The van der Waals surface area contributed by atoms with E-state index in [9.17, 15) is 13.2 Å². The van der Waals surface area contributed by atoms with E-state index in [1.807, 2.05) is 47.4 Å². The highest BCUT2D eigenvalue weighted by Gasteiger charge is 2.44. The molecule has 0 spiro atoms. The van der Waals surface area contributed by atoms with Crippen LogP contribution in [0.1, 0.15) is 24.0 Å². The van der Waals surface area contributed by atoms with Crippen LogP contribution in [-0.2, 0) is 31.1 Å². The van der Waals surface area contributed by atoms with Crippen LogP contribution in [0.3, 0.4) is 0 Å². The summed E-state index contributed by atoms with van der Waals surface area (Å²) in [6.07, 6.45) is 1.85. The highest BCUT2D eigenvalue weighted by atomic mass is 32.2. The zero-order valence-electron chi connectivity index (χ0n) is 17.0. The predicted molar refractivity (Wildman–Crippen MR) is 118 cm³/mol. The third kappa shape index (κ3) is 4.55. The van der Waals surface area contributed by atoms with E-state index in [4.69, 9.17) is 4.18 Å². The Labute approximate surface area is 177 Å². The molecule has 1 amide bonds. The molecule has 3 aromatic carbocycles. The smallest absolute Gasteiger partial charge is 0.264 e. The number of rotatable bonds is 7. The number of carbonyl (C=O) groups excluding carboxylic acids is 1. The minimum absolute atomic E-state index is 0.0537. The molecule has 1 atom stereocenters.